The maximum absolute atomic E-state index is 11.6. The van der Waals surface area contributed by atoms with Gasteiger partial charge in [-0.3, -0.25) is 9.59 Å². The van der Waals surface area contributed by atoms with Crippen molar-refractivity contribution in [2.24, 2.45) is 0 Å². The van der Waals surface area contributed by atoms with Crippen molar-refractivity contribution in [2.75, 3.05) is 13.7 Å². The van der Waals surface area contributed by atoms with Gasteiger partial charge >= 0.3 is 5.97 Å². The zero-order valence-corrected chi connectivity index (χ0v) is 10.1. The molecule has 1 amide bonds. The summed E-state index contributed by atoms with van der Waals surface area (Å²) < 4.78 is 3.33. The molecule has 0 heterocycles. The second-order valence-corrected chi connectivity index (χ2v) is 4.79. The third-order valence-corrected chi connectivity index (χ3v) is 2.50. The van der Waals surface area contributed by atoms with E-state index in [0.29, 0.717) is 5.57 Å². The lowest BCUT2D eigenvalue weighted by Gasteiger charge is -2.19. The average molecular weight is 264 g/mol. The fourth-order valence-electron chi connectivity index (χ4n) is 1.17. The zero-order valence-electron chi connectivity index (χ0n) is 8.63. The van der Waals surface area contributed by atoms with Crippen LogP contribution in [0.3, 0.4) is 0 Å². The van der Waals surface area contributed by atoms with E-state index in [9.17, 15) is 9.59 Å². The van der Waals surface area contributed by atoms with Crippen molar-refractivity contribution in [2.45, 2.75) is 10.8 Å². The minimum absolute atomic E-state index is 0.173. The Balaban J connectivity index is 2.53. The predicted octanol–water partition coefficient (Wildman–Crippen LogP) is 1.34. The van der Waals surface area contributed by atoms with E-state index in [1.165, 1.54) is 7.11 Å². The monoisotopic (exact) mass is 263 g/mol. The number of hydrogen-bond acceptors (Lipinski definition) is 3. The third kappa shape index (κ3) is 3.87. The molecule has 0 aromatic heterocycles. The van der Waals surface area contributed by atoms with Crippen molar-refractivity contribution in [3.63, 3.8) is 0 Å². The van der Waals surface area contributed by atoms with Crippen LogP contribution < -0.4 is 5.32 Å². The zero-order chi connectivity index (χ0) is 12.2. The number of nitrogens with one attached hydrogen (secondary N) is 1. The lowest BCUT2D eigenvalue weighted by molar-refractivity contribution is -0.140. The molecule has 16 heavy (non-hydrogen) atoms. The van der Waals surface area contributed by atoms with Gasteiger partial charge in [-0.1, -0.05) is 35.4 Å². The van der Waals surface area contributed by atoms with E-state index in [0.717, 1.165) is 0 Å². The summed E-state index contributed by atoms with van der Waals surface area (Å²) in [5.41, 5.74) is 0.427. The van der Waals surface area contributed by atoms with Crippen molar-refractivity contribution in [3.05, 3.63) is 23.8 Å². The number of halogens is 2. The molecular formula is C10H11Cl2NO3. The molecule has 6 heteroatoms. The van der Waals surface area contributed by atoms with Gasteiger partial charge in [0.2, 0.25) is 5.91 Å². The SMILES string of the molecule is COC(=O)CNC(=O)C1=CC=CC(Cl)(Cl)C1. The van der Waals surface area contributed by atoms with Crippen LogP contribution in [0.2, 0.25) is 0 Å². The molecule has 4 nitrogen and oxygen atoms in total. The standard InChI is InChI=1S/C10H11Cl2NO3/c1-16-8(14)6-13-9(15)7-3-2-4-10(11,12)5-7/h2-4H,5-6H2,1H3,(H,13,15). The summed E-state index contributed by atoms with van der Waals surface area (Å²) in [5, 5.41) is 2.41. The molecule has 0 unspecified atom stereocenters. The summed E-state index contributed by atoms with van der Waals surface area (Å²) in [6, 6.07) is 0. The van der Waals surface area contributed by atoms with Crippen LogP contribution in [0.15, 0.2) is 23.8 Å². The summed E-state index contributed by atoms with van der Waals surface area (Å²) >= 11 is 11.7. The van der Waals surface area contributed by atoms with Crippen LogP contribution in [0.25, 0.3) is 0 Å². The summed E-state index contributed by atoms with van der Waals surface area (Å²) in [4.78, 5) is 22.4. The number of esters is 1. The van der Waals surface area contributed by atoms with Crippen molar-refractivity contribution in [1.82, 2.24) is 5.32 Å². The first kappa shape index (κ1) is 13.1. The molecule has 0 radical (unpaired) electrons. The fraction of sp³-hybridized carbons (Fsp3) is 0.400. The van der Waals surface area contributed by atoms with E-state index in [4.69, 9.17) is 23.2 Å². The number of carbonyl (C=O) groups is 2. The number of allylic oxidation sites excluding steroid dienone is 3. The quantitative estimate of drug-likeness (QED) is 0.618. The number of ether oxygens (including phenoxy) is 1. The van der Waals surface area contributed by atoms with Gasteiger partial charge in [-0.15, -0.1) is 0 Å². The minimum atomic E-state index is -1.06. The Morgan fingerprint density at radius 3 is 2.81 bits per heavy atom. The Morgan fingerprint density at radius 2 is 2.25 bits per heavy atom. The van der Waals surface area contributed by atoms with Crippen LogP contribution in [-0.2, 0) is 14.3 Å². The number of amides is 1. The van der Waals surface area contributed by atoms with Crippen molar-refractivity contribution in [1.29, 1.82) is 0 Å². The van der Waals surface area contributed by atoms with E-state index < -0.39 is 10.3 Å². The second-order valence-electron chi connectivity index (χ2n) is 3.25. The predicted molar refractivity (Wildman–Crippen MR) is 61.3 cm³/mol. The van der Waals surface area contributed by atoms with Crippen LogP contribution in [0.4, 0.5) is 0 Å². The molecule has 0 aromatic rings. The van der Waals surface area contributed by atoms with E-state index in [2.05, 4.69) is 10.1 Å². The van der Waals surface area contributed by atoms with Gasteiger partial charge in [-0.2, -0.15) is 0 Å². The normalized spacial score (nSPS) is 17.6. The van der Waals surface area contributed by atoms with Gasteiger partial charge in [-0.05, 0) is 6.08 Å². The van der Waals surface area contributed by atoms with Gasteiger partial charge in [-0.25, -0.2) is 0 Å². The van der Waals surface area contributed by atoms with Crippen LogP contribution in [0, 0.1) is 0 Å². The van der Waals surface area contributed by atoms with Gasteiger partial charge < -0.3 is 10.1 Å². The topological polar surface area (TPSA) is 55.4 Å². The Morgan fingerprint density at radius 1 is 1.56 bits per heavy atom. The molecular weight excluding hydrogens is 253 g/mol. The molecule has 0 fully saturated rings. The van der Waals surface area contributed by atoms with E-state index in [1.807, 2.05) is 0 Å². The number of methoxy groups -OCH3 is 1. The molecule has 0 saturated carbocycles. The minimum Gasteiger partial charge on any atom is -0.468 e. The van der Waals surface area contributed by atoms with Crippen LogP contribution in [0.5, 0.6) is 0 Å². The number of alkyl halides is 2. The molecule has 1 N–H and O–H groups in total. The summed E-state index contributed by atoms with van der Waals surface area (Å²) in [6.45, 7) is -0.173. The maximum Gasteiger partial charge on any atom is 0.325 e. The fourth-order valence-corrected chi connectivity index (χ4v) is 1.60. The van der Waals surface area contributed by atoms with Gasteiger partial charge in [0.15, 0.2) is 0 Å². The van der Waals surface area contributed by atoms with Crippen molar-refractivity contribution in [3.8, 4) is 0 Å². The summed E-state index contributed by atoms with van der Waals surface area (Å²) in [6.07, 6.45) is 5.01. The highest BCUT2D eigenvalue weighted by Gasteiger charge is 2.27. The number of rotatable bonds is 3. The van der Waals surface area contributed by atoms with E-state index >= 15 is 0 Å². The van der Waals surface area contributed by atoms with Crippen LogP contribution in [-0.4, -0.2) is 29.9 Å². The van der Waals surface area contributed by atoms with E-state index in [-0.39, 0.29) is 18.9 Å². The van der Waals surface area contributed by atoms with Gasteiger partial charge in [0.25, 0.3) is 0 Å². The van der Waals surface area contributed by atoms with Gasteiger partial charge in [0, 0.05) is 12.0 Å². The average Bonchev–Trinajstić information content (AvgIpc) is 2.23. The highest BCUT2D eigenvalue weighted by molar-refractivity contribution is 6.50. The molecule has 0 saturated heterocycles. The molecule has 0 bridgehead atoms. The molecule has 0 aromatic carbocycles. The Kier molecular flexibility index (Phi) is 4.38. The molecule has 0 atom stereocenters. The Labute approximate surface area is 103 Å². The maximum atomic E-state index is 11.6. The number of carbonyl (C=O) groups excluding carboxylic acids is 2. The van der Waals surface area contributed by atoms with Crippen molar-refractivity contribution >= 4 is 35.1 Å². The lowest BCUT2D eigenvalue weighted by Crippen LogP contribution is -2.33. The first-order valence-corrected chi connectivity index (χ1v) is 5.31. The van der Waals surface area contributed by atoms with Crippen molar-refractivity contribution < 1.29 is 14.3 Å². The molecule has 1 aliphatic carbocycles. The first-order valence-electron chi connectivity index (χ1n) is 4.56. The third-order valence-electron chi connectivity index (χ3n) is 1.98. The Bertz CT molecular complexity index is 361. The highest BCUT2D eigenvalue weighted by Crippen LogP contribution is 2.33. The van der Waals surface area contributed by atoms with Gasteiger partial charge in [0.05, 0.1) is 7.11 Å². The van der Waals surface area contributed by atoms with Crippen LogP contribution in [0.1, 0.15) is 6.42 Å². The molecule has 0 spiro atoms. The smallest absolute Gasteiger partial charge is 0.325 e. The lowest BCUT2D eigenvalue weighted by atomic mass is 10.0. The molecule has 1 aliphatic rings. The van der Waals surface area contributed by atoms with Crippen LogP contribution >= 0.6 is 23.2 Å². The molecule has 0 aliphatic heterocycles. The number of hydrogen-bond donors (Lipinski definition) is 1. The largest absolute Gasteiger partial charge is 0.468 e. The first-order chi connectivity index (χ1) is 7.44. The molecule has 1 rings (SSSR count). The summed E-state index contributed by atoms with van der Waals surface area (Å²) in [7, 11) is 1.25. The van der Waals surface area contributed by atoms with E-state index in [1.54, 1.807) is 18.2 Å². The second kappa shape index (κ2) is 5.37. The van der Waals surface area contributed by atoms with Gasteiger partial charge in [0.1, 0.15) is 10.9 Å². The highest BCUT2D eigenvalue weighted by atomic mass is 35.5. The Hall–Kier alpha value is -1.000. The molecule has 88 valence electrons. The summed E-state index contributed by atoms with van der Waals surface area (Å²) in [5.74, 6) is -0.885.